The molecule has 146 valence electrons. The lowest BCUT2D eigenvalue weighted by Crippen LogP contribution is -2.39. The van der Waals surface area contributed by atoms with Crippen LogP contribution in [-0.4, -0.2) is 28.6 Å². The fraction of sp³-hybridized carbons (Fsp3) is 0.381. The number of hydrogen-bond acceptors (Lipinski definition) is 6. The first-order chi connectivity index (χ1) is 13.6. The van der Waals surface area contributed by atoms with Gasteiger partial charge in [0.15, 0.2) is 5.16 Å². The highest BCUT2D eigenvalue weighted by molar-refractivity contribution is 7.99. The minimum absolute atomic E-state index is 0.135. The van der Waals surface area contributed by atoms with Crippen molar-refractivity contribution in [2.75, 3.05) is 18.2 Å². The Hall–Kier alpha value is -2.54. The Bertz CT molecular complexity index is 999. The van der Waals surface area contributed by atoms with Crippen LogP contribution in [0.1, 0.15) is 43.2 Å². The topological polar surface area (TPSA) is 84.1 Å². The number of carbonyl (C=O) groups is 1. The van der Waals surface area contributed by atoms with Crippen molar-refractivity contribution < 1.29 is 9.53 Å². The summed E-state index contributed by atoms with van der Waals surface area (Å²) < 4.78 is 5.56. The smallest absolute Gasteiger partial charge is 0.257 e. The summed E-state index contributed by atoms with van der Waals surface area (Å²) in [6.07, 6.45) is 4.22. The molecule has 0 spiro atoms. The van der Waals surface area contributed by atoms with E-state index in [-0.39, 0.29) is 11.3 Å². The molecule has 0 saturated carbocycles. The van der Waals surface area contributed by atoms with Crippen LogP contribution in [0.5, 0.6) is 5.75 Å². The fourth-order valence-electron chi connectivity index (χ4n) is 3.99. The molecule has 0 unspecified atom stereocenters. The number of fused-ring (bicyclic) bond motifs is 2. The number of ketones is 1. The summed E-state index contributed by atoms with van der Waals surface area (Å²) in [6, 6.07) is 7.58. The molecule has 4 rings (SSSR count). The van der Waals surface area contributed by atoms with Crippen LogP contribution in [0, 0.1) is 5.92 Å². The predicted octanol–water partition coefficient (Wildman–Crippen LogP) is 3.70. The molecule has 0 saturated heterocycles. The van der Waals surface area contributed by atoms with E-state index >= 15 is 0 Å². The van der Waals surface area contributed by atoms with Crippen molar-refractivity contribution in [3.63, 3.8) is 0 Å². The summed E-state index contributed by atoms with van der Waals surface area (Å²) in [6.45, 7) is 2.09. The molecule has 2 aromatic rings. The van der Waals surface area contributed by atoms with E-state index in [2.05, 4.69) is 28.3 Å². The molecule has 2 atom stereocenters. The summed E-state index contributed by atoms with van der Waals surface area (Å²) in [7, 11) is 1.60. The second kappa shape index (κ2) is 7.83. The summed E-state index contributed by atoms with van der Waals surface area (Å²) in [5.41, 5.74) is 1.97. The minimum Gasteiger partial charge on any atom is -0.496 e. The molecule has 2 heterocycles. The normalized spacial score (nSPS) is 20.6. The Morgan fingerprint density at radius 3 is 2.86 bits per heavy atom. The van der Waals surface area contributed by atoms with Crippen LogP contribution >= 0.6 is 11.8 Å². The number of allylic oxidation sites excluding steroid dienone is 2. The molecule has 2 aliphatic rings. The van der Waals surface area contributed by atoms with Crippen molar-refractivity contribution in [3.05, 3.63) is 57.5 Å². The Labute approximate surface area is 167 Å². The SMILES string of the molecule is CCCSc1nc2c(c(=O)[nH]1)[C@H](c1ccccc1OC)[C@H]1C(=O)CCC=C1N2. The van der Waals surface area contributed by atoms with Gasteiger partial charge >= 0.3 is 0 Å². The number of ether oxygens (including phenoxy) is 1. The van der Waals surface area contributed by atoms with Gasteiger partial charge in [0.1, 0.15) is 17.4 Å². The van der Waals surface area contributed by atoms with Crippen LogP contribution in [0.2, 0.25) is 0 Å². The molecule has 0 radical (unpaired) electrons. The standard InChI is InChI=1S/C21H23N3O3S/c1-3-11-28-21-23-19-18(20(26)24-21)16(12-7-4-5-10-15(12)27-2)17-13(22-19)8-6-9-14(17)25/h4-5,7-8,10,16-17H,3,6,9,11H2,1-2H3,(H2,22,23,24,26)/t16-,17-/m1/s1. The van der Waals surface area contributed by atoms with E-state index in [1.54, 1.807) is 7.11 Å². The molecule has 0 fully saturated rings. The van der Waals surface area contributed by atoms with Gasteiger partial charge in [0.05, 0.1) is 18.6 Å². The molecular formula is C21H23N3O3S. The maximum Gasteiger partial charge on any atom is 0.257 e. The quantitative estimate of drug-likeness (QED) is 0.591. The average Bonchev–Trinajstić information content (AvgIpc) is 2.71. The third-order valence-electron chi connectivity index (χ3n) is 5.19. The first kappa shape index (κ1) is 18.8. The number of para-hydroxylation sites is 1. The van der Waals surface area contributed by atoms with Gasteiger partial charge in [0, 0.05) is 29.4 Å². The fourth-order valence-corrected chi connectivity index (χ4v) is 4.71. The number of H-pyrrole nitrogens is 1. The van der Waals surface area contributed by atoms with Crippen LogP contribution in [0.4, 0.5) is 5.82 Å². The lowest BCUT2D eigenvalue weighted by atomic mass is 9.72. The van der Waals surface area contributed by atoms with Gasteiger partial charge in [-0.3, -0.25) is 9.59 Å². The van der Waals surface area contributed by atoms with Crippen molar-refractivity contribution in [3.8, 4) is 5.75 Å². The zero-order valence-electron chi connectivity index (χ0n) is 16.0. The zero-order valence-corrected chi connectivity index (χ0v) is 16.8. The van der Waals surface area contributed by atoms with Crippen molar-refractivity contribution in [1.82, 2.24) is 9.97 Å². The number of methoxy groups -OCH3 is 1. The predicted molar refractivity (Wildman–Crippen MR) is 110 cm³/mol. The van der Waals surface area contributed by atoms with Gasteiger partial charge in [-0.2, -0.15) is 0 Å². The van der Waals surface area contributed by atoms with Gasteiger partial charge in [0.25, 0.3) is 5.56 Å². The second-order valence-electron chi connectivity index (χ2n) is 6.97. The van der Waals surface area contributed by atoms with E-state index in [4.69, 9.17) is 4.74 Å². The summed E-state index contributed by atoms with van der Waals surface area (Å²) in [4.78, 5) is 33.5. The van der Waals surface area contributed by atoms with Crippen LogP contribution < -0.4 is 15.6 Å². The lowest BCUT2D eigenvalue weighted by molar-refractivity contribution is -0.122. The van der Waals surface area contributed by atoms with Gasteiger partial charge in [-0.1, -0.05) is 43.0 Å². The van der Waals surface area contributed by atoms with Crippen molar-refractivity contribution in [2.24, 2.45) is 5.92 Å². The number of benzene rings is 1. The molecule has 1 aromatic heterocycles. The van der Waals surface area contributed by atoms with E-state index in [0.29, 0.717) is 35.1 Å². The maximum absolute atomic E-state index is 13.1. The highest BCUT2D eigenvalue weighted by Crippen LogP contribution is 2.47. The van der Waals surface area contributed by atoms with Crippen molar-refractivity contribution in [2.45, 2.75) is 37.3 Å². The Kier molecular flexibility index (Phi) is 5.26. The van der Waals surface area contributed by atoms with E-state index in [9.17, 15) is 9.59 Å². The van der Waals surface area contributed by atoms with Crippen molar-refractivity contribution >= 4 is 23.4 Å². The summed E-state index contributed by atoms with van der Waals surface area (Å²) in [5.74, 6) is 1.37. The number of carbonyl (C=O) groups excluding carboxylic acids is 1. The number of aromatic nitrogens is 2. The number of rotatable bonds is 5. The van der Waals surface area contributed by atoms with Crippen LogP contribution in [0.3, 0.4) is 0 Å². The Morgan fingerprint density at radius 2 is 2.07 bits per heavy atom. The Balaban J connectivity index is 1.92. The van der Waals surface area contributed by atoms with E-state index in [1.807, 2.05) is 24.3 Å². The van der Waals surface area contributed by atoms with Gasteiger partial charge in [-0.05, 0) is 18.9 Å². The average molecular weight is 398 g/mol. The highest BCUT2D eigenvalue weighted by Gasteiger charge is 2.43. The number of thioether (sulfide) groups is 1. The van der Waals surface area contributed by atoms with Gasteiger partial charge in [-0.25, -0.2) is 4.98 Å². The molecule has 2 N–H and O–H groups in total. The first-order valence-corrected chi connectivity index (χ1v) is 10.5. The molecule has 0 amide bonds. The third kappa shape index (κ3) is 3.24. The van der Waals surface area contributed by atoms with Crippen molar-refractivity contribution in [1.29, 1.82) is 0 Å². The van der Waals surface area contributed by atoms with Crippen LogP contribution in [0.15, 0.2) is 46.0 Å². The molecule has 28 heavy (non-hydrogen) atoms. The van der Waals surface area contributed by atoms with E-state index in [0.717, 1.165) is 23.4 Å². The molecule has 1 aliphatic heterocycles. The number of nitrogens with zero attached hydrogens (tertiary/aromatic N) is 1. The zero-order chi connectivity index (χ0) is 19.7. The lowest BCUT2D eigenvalue weighted by Gasteiger charge is -2.37. The molecular weight excluding hydrogens is 374 g/mol. The number of Topliss-reactive ketones (excluding diaryl/α,β-unsaturated/α-hetero) is 1. The maximum atomic E-state index is 13.1. The molecule has 1 aromatic carbocycles. The number of aromatic amines is 1. The molecule has 0 bridgehead atoms. The summed E-state index contributed by atoms with van der Waals surface area (Å²) in [5, 5.41) is 3.87. The van der Waals surface area contributed by atoms with E-state index in [1.165, 1.54) is 11.8 Å². The highest BCUT2D eigenvalue weighted by atomic mass is 32.2. The number of anilines is 1. The minimum atomic E-state index is -0.423. The number of hydrogen-bond donors (Lipinski definition) is 2. The monoisotopic (exact) mass is 397 g/mol. The molecule has 6 nitrogen and oxygen atoms in total. The number of nitrogens with one attached hydrogen (secondary N) is 2. The summed E-state index contributed by atoms with van der Waals surface area (Å²) >= 11 is 1.52. The molecule has 7 heteroatoms. The van der Waals surface area contributed by atoms with Gasteiger partial charge in [0.2, 0.25) is 0 Å². The van der Waals surface area contributed by atoms with E-state index < -0.39 is 11.8 Å². The Morgan fingerprint density at radius 1 is 1.25 bits per heavy atom. The van der Waals surface area contributed by atoms with Crippen LogP contribution in [0.25, 0.3) is 0 Å². The molecule has 1 aliphatic carbocycles. The first-order valence-electron chi connectivity index (χ1n) is 9.53. The van der Waals surface area contributed by atoms with Crippen LogP contribution in [-0.2, 0) is 4.79 Å². The third-order valence-corrected chi connectivity index (χ3v) is 6.27. The largest absolute Gasteiger partial charge is 0.496 e. The van der Waals surface area contributed by atoms with Gasteiger partial charge in [-0.15, -0.1) is 0 Å². The second-order valence-corrected chi connectivity index (χ2v) is 8.05. The van der Waals surface area contributed by atoms with Gasteiger partial charge < -0.3 is 15.0 Å².